The van der Waals surface area contributed by atoms with Crippen LogP contribution >= 0.6 is 0 Å². The van der Waals surface area contributed by atoms with Crippen LogP contribution in [0, 0.1) is 0 Å². The number of hydrogen-bond donors (Lipinski definition) is 0. The van der Waals surface area contributed by atoms with Gasteiger partial charge in [-0.25, -0.2) is 0 Å². The molecule has 16 heteroatoms. The summed E-state index contributed by atoms with van der Waals surface area (Å²) in [6.07, 6.45) is 0. The van der Waals surface area contributed by atoms with E-state index in [-0.39, 0.29) is 158 Å². The van der Waals surface area contributed by atoms with Gasteiger partial charge in [-0.05, 0) is 0 Å². The van der Waals surface area contributed by atoms with Gasteiger partial charge in [0, 0.05) is 39.3 Å². The van der Waals surface area contributed by atoms with Crippen LogP contribution in [-0.4, -0.2) is 99.4 Å². The maximum Gasteiger partial charge on any atom is 1.00 e. The van der Waals surface area contributed by atoms with Gasteiger partial charge < -0.3 is 49.1 Å². The van der Waals surface area contributed by atoms with Gasteiger partial charge in [-0.3, -0.25) is 9.80 Å². The van der Waals surface area contributed by atoms with E-state index in [0.29, 0.717) is 0 Å². The molecule has 0 aromatic rings. The fourth-order valence-electron chi connectivity index (χ4n) is 1.87. The summed E-state index contributed by atoms with van der Waals surface area (Å²) in [7, 11) is 0. The van der Waals surface area contributed by atoms with Gasteiger partial charge in [0.1, 0.15) is 0 Å². The number of hydrogen-bond acceptors (Lipinski definition) is 12. The first kappa shape index (κ1) is 41.9. The third kappa shape index (κ3) is 29.7. The van der Waals surface area contributed by atoms with Gasteiger partial charge in [0.25, 0.3) is 0 Å². The van der Waals surface area contributed by atoms with Crippen LogP contribution in [0.2, 0.25) is 0 Å². The van der Waals surface area contributed by atoms with E-state index in [4.69, 9.17) is 9.47 Å². The summed E-state index contributed by atoms with van der Waals surface area (Å²) in [5, 5.41) is 41.9. The monoisotopic (exact) mass is 468 g/mol. The molecule has 0 rings (SSSR count). The molecule has 0 atom stereocenters. The van der Waals surface area contributed by atoms with Gasteiger partial charge in [-0.2, -0.15) is 0 Å². The van der Waals surface area contributed by atoms with Gasteiger partial charge in [-0.1, -0.05) is 0 Å². The number of carbonyl (C=O) groups is 4. The fraction of sp³-hybridized carbons (Fsp3) is 0.714. The molecule has 12 nitrogen and oxygen atoms in total. The molecule has 0 heterocycles. The van der Waals surface area contributed by atoms with Gasteiger partial charge in [0.15, 0.2) is 0 Å². The van der Waals surface area contributed by atoms with Crippen molar-refractivity contribution in [1.82, 2.24) is 9.80 Å². The Labute approximate surface area is 263 Å². The molecule has 0 unspecified atom stereocenters. The van der Waals surface area contributed by atoms with Gasteiger partial charge >= 0.3 is 118 Å². The molecular formula is C14H20N2Na4O10. The third-order valence-electron chi connectivity index (χ3n) is 2.89. The number of carbonyl (C=O) groups excluding carboxylic acids is 4. The van der Waals surface area contributed by atoms with E-state index in [9.17, 15) is 39.6 Å². The third-order valence-corrected chi connectivity index (χ3v) is 2.89. The van der Waals surface area contributed by atoms with Crippen molar-refractivity contribution in [3.8, 4) is 0 Å². The number of rotatable bonds is 17. The SMILES string of the molecule is O=C([O-])CN(CCOCCOCCN(CC(=O)[O-])CC(=O)[O-])CC(=O)[O-].[Na+].[Na+].[Na+].[Na+]. The minimum absolute atomic E-state index is 0. The topological polar surface area (TPSA) is 185 Å². The predicted octanol–water partition coefficient (Wildman–Crippen LogP) is -19.4. The number of aliphatic carboxylic acids is 4. The summed E-state index contributed by atoms with van der Waals surface area (Å²) in [4.78, 5) is 44.0. The van der Waals surface area contributed by atoms with Crippen LogP contribution in [0.5, 0.6) is 0 Å². The zero-order valence-corrected chi connectivity index (χ0v) is 26.0. The standard InChI is InChI=1S/C14H24N2O10.4Na/c17-11(18)7-15(8-12(19)20)1-3-25-5-6-26-4-2-16(9-13(21)22)10-14(23)24;;;;/h1-10H2,(H,17,18)(H,19,20)(H,21,22)(H,23,24);;;;/q;4*+1/p-4. The summed E-state index contributed by atoms with van der Waals surface area (Å²) < 4.78 is 10.3. The molecule has 0 saturated carbocycles. The van der Waals surface area contributed by atoms with Crippen LogP contribution in [0.15, 0.2) is 0 Å². The van der Waals surface area contributed by atoms with Gasteiger partial charge in [0.2, 0.25) is 0 Å². The molecule has 0 aromatic carbocycles. The van der Waals surface area contributed by atoms with Crippen LogP contribution < -0.4 is 139 Å². The van der Waals surface area contributed by atoms with Crippen LogP contribution in [0.1, 0.15) is 0 Å². The van der Waals surface area contributed by atoms with E-state index in [1.54, 1.807) is 0 Å². The van der Waals surface area contributed by atoms with Crippen molar-refractivity contribution in [2.75, 3.05) is 65.7 Å². The Morgan fingerprint density at radius 3 is 0.933 bits per heavy atom. The molecule has 30 heavy (non-hydrogen) atoms. The van der Waals surface area contributed by atoms with Crippen LogP contribution in [0.4, 0.5) is 0 Å². The average molecular weight is 468 g/mol. The minimum atomic E-state index is -1.42. The maximum atomic E-state index is 10.5. The van der Waals surface area contributed by atoms with Crippen molar-refractivity contribution < 1.29 is 167 Å². The Hall–Kier alpha value is 1.72. The van der Waals surface area contributed by atoms with E-state index in [0.717, 1.165) is 9.80 Å². The summed E-state index contributed by atoms with van der Waals surface area (Å²) in [5.74, 6) is -5.70. The quantitative estimate of drug-likeness (QED) is 0.145. The van der Waals surface area contributed by atoms with Crippen molar-refractivity contribution in [3.05, 3.63) is 0 Å². The van der Waals surface area contributed by atoms with Crippen LogP contribution in [0.3, 0.4) is 0 Å². The van der Waals surface area contributed by atoms with Gasteiger partial charge in [0.05, 0.1) is 50.3 Å². The molecule has 0 N–H and O–H groups in total. The Morgan fingerprint density at radius 2 is 0.733 bits per heavy atom. The molecule has 0 radical (unpaired) electrons. The first-order valence-electron chi connectivity index (χ1n) is 7.60. The van der Waals surface area contributed by atoms with E-state index in [2.05, 4.69) is 0 Å². The second-order valence-electron chi connectivity index (χ2n) is 5.13. The molecule has 0 spiro atoms. The smallest absolute Gasteiger partial charge is 0.549 e. The molecule has 0 saturated heterocycles. The first-order chi connectivity index (χ1) is 12.2. The second-order valence-corrected chi connectivity index (χ2v) is 5.13. The predicted molar refractivity (Wildman–Crippen MR) is 74.5 cm³/mol. The Kier molecular flexibility index (Phi) is 37.7. The molecule has 0 aliphatic heterocycles. The zero-order valence-electron chi connectivity index (χ0n) is 18.0. The summed E-state index contributed by atoms with van der Waals surface area (Å²) in [6, 6.07) is 0. The normalized spacial score (nSPS) is 9.53. The number of carboxylic acid groups (broad SMARTS) is 4. The Morgan fingerprint density at radius 1 is 0.500 bits per heavy atom. The van der Waals surface area contributed by atoms with Gasteiger partial charge in [-0.15, -0.1) is 0 Å². The summed E-state index contributed by atoms with van der Waals surface area (Å²) in [5.41, 5.74) is 0. The minimum Gasteiger partial charge on any atom is -0.549 e. The van der Waals surface area contributed by atoms with E-state index in [1.807, 2.05) is 0 Å². The largest absolute Gasteiger partial charge is 1.00 e. The van der Waals surface area contributed by atoms with Crippen molar-refractivity contribution in [3.63, 3.8) is 0 Å². The summed E-state index contributed by atoms with van der Waals surface area (Å²) >= 11 is 0. The molecule has 0 fully saturated rings. The molecule has 150 valence electrons. The van der Waals surface area contributed by atoms with E-state index >= 15 is 0 Å². The molecular weight excluding hydrogens is 448 g/mol. The Bertz CT molecular complexity index is 414. The van der Waals surface area contributed by atoms with Crippen molar-refractivity contribution >= 4 is 23.9 Å². The van der Waals surface area contributed by atoms with E-state index in [1.165, 1.54) is 0 Å². The van der Waals surface area contributed by atoms with Crippen molar-refractivity contribution in [2.45, 2.75) is 0 Å². The molecule has 0 aliphatic carbocycles. The van der Waals surface area contributed by atoms with Crippen molar-refractivity contribution in [1.29, 1.82) is 0 Å². The maximum absolute atomic E-state index is 10.5. The summed E-state index contributed by atoms with van der Waals surface area (Å²) in [6.45, 7) is -1.88. The molecule has 0 aromatic heterocycles. The Balaban J connectivity index is -0.000000521. The van der Waals surface area contributed by atoms with Crippen LogP contribution in [-0.2, 0) is 28.7 Å². The second kappa shape index (κ2) is 27.0. The molecule has 0 amide bonds. The van der Waals surface area contributed by atoms with Crippen LogP contribution in [0.25, 0.3) is 0 Å². The first-order valence-corrected chi connectivity index (χ1v) is 7.60. The number of carboxylic acids is 4. The van der Waals surface area contributed by atoms with Crippen molar-refractivity contribution in [2.24, 2.45) is 0 Å². The zero-order chi connectivity index (χ0) is 19.9. The van der Waals surface area contributed by atoms with E-state index < -0.39 is 50.1 Å². The average Bonchev–Trinajstić information content (AvgIpc) is 2.47. The number of nitrogens with zero attached hydrogens (tertiary/aromatic N) is 2. The molecule has 0 bridgehead atoms. The number of ether oxygens (including phenoxy) is 2. The molecule has 0 aliphatic rings. The fourth-order valence-corrected chi connectivity index (χ4v) is 1.87.